The molecule has 3 rings (SSSR count). The molecule has 1 aromatic rings. The predicted molar refractivity (Wildman–Crippen MR) is 104 cm³/mol. The third-order valence-electron chi connectivity index (χ3n) is 5.49. The maximum absolute atomic E-state index is 12.4. The zero-order valence-electron chi connectivity index (χ0n) is 15.9. The van der Waals surface area contributed by atoms with E-state index in [0.29, 0.717) is 6.54 Å². The maximum atomic E-state index is 12.4. The van der Waals surface area contributed by atoms with E-state index in [-0.39, 0.29) is 6.04 Å². The van der Waals surface area contributed by atoms with Crippen LogP contribution in [0, 0.1) is 0 Å². The molecule has 26 heavy (non-hydrogen) atoms. The summed E-state index contributed by atoms with van der Waals surface area (Å²) in [6.07, 6.45) is 10.5. The minimum atomic E-state index is -3.18. The first-order valence-corrected chi connectivity index (χ1v) is 11.7. The highest BCUT2D eigenvalue weighted by Crippen LogP contribution is 2.20. The Labute approximate surface area is 158 Å². The van der Waals surface area contributed by atoms with Crippen LogP contribution in [0.1, 0.15) is 37.7 Å². The minimum absolute atomic E-state index is 0.0917. The van der Waals surface area contributed by atoms with E-state index in [1.807, 2.05) is 12.3 Å². The lowest BCUT2D eigenvalue weighted by atomic mass is 10.0. The molecule has 0 saturated carbocycles. The van der Waals surface area contributed by atoms with Crippen molar-refractivity contribution in [1.29, 1.82) is 0 Å². The van der Waals surface area contributed by atoms with Crippen LogP contribution < -0.4 is 0 Å². The molecule has 2 aliphatic heterocycles. The summed E-state index contributed by atoms with van der Waals surface area (Å²) >= 11 is 0. The van der Waals surface area contributed by atoms with Gasteiger partial charge in [0, 0.05) is 38.1 Å². The zero-order chi connectivity index (χ0) is 18.4. The second-order valence-electron chi connectivity index (χ2n) is 7.67. The lowest BCUT2D eigenvalue weighted by Gasteiger charge is -2.38. The third-order valence-corrected chi connectivity index (χ3v) is 6.83. The van der Waals surface area contributed by atoms with E-state index < -0.39 is 10.0 Å². The van der Waals surface area contributed by atoms with Crippen molar-refractivity contribution in [2.24, 2.45) is 0 Å². The Kier molecular flexibility index (Phi) is 7.03. The number of hydrogen-bond donors (Lipinski definition) is 0. The van der Waals surface area contributed by atoms with Crippen molar-refractivity contribution in [2.45, 2.75) is 44.7 Å². The Bertz CT molecular complexity index is 647. The molecule has 0 spiro atoms. The molecule has 0 amide bonds. The van der Waals surface area contributed by atoms with E-state index in [4.69, 9.17) is 0 Å². The summed E-state index contributed by atoms with van der Waals surface area (Å²) in [7, 11) is -3.18. The molecule has 2 fully saturated rings. The van der Waals surface area contributed by atoms with Gasteiger partial charge in [0.15, 0.2) is 0 Å². The Hall–Kier alpha value is -1.02. The number of piperidine rings is 1. The number of nitrogens with zero attached hydrogens (tertiary/aromatic N) is 4. The van der Waals surface area contributed by atoms with E-state index in [1.165, 1.54) is 37.8 Å². The Morgan fingerprint density at radius 3 is 2.65 bits per heavy atom. The molecule has 0 N–H and O–H groups in total. The molecular formula is C19H32N4O2S. The number of likely N-dealkylation sites (tertiary alicyclic amines) is 2. The van der Waals surface area contributed by atoms with Crippen molar-refractivity contribution < 1.29 is 8.42 Å². The molecule has 0 aliphatic carbocycles. The van der Waals surface area contributed by atoms with Crippen LogP contribution in [-0.4, -0.2) is 79.1 Å². The highest BCUT2D eigenvalue weighted by atomic mass is 32.2. The van der Waals surface area contributed by atoms with Gasteiger partial charge in [-0.3, -0.25) is 9.88 Å². The fourth-order valence-corrected chi connectivity index (χ4v) is 5.41. The summed E-state index contributed by atoms with van der Waals surface area (Å²) < 4.78 is 26.6. The van der Waals surface area contributed by atoms with E-state index in [1.54, 1.807) is 10.5 Å². The number of pyridine rings is 1. The molecule has 0 radical (unpaired) electrons. The summed E-state index contributed by atoms with van der Waals surface area (Å²) in [5.74, 6) is 0. The number of sulfonamides is 1. The van der Waals surface area contributed by atoms with Gasteiger partial charge in [-0.05, 0) is 69.9 Å². The monoisotopic (exact) mass is 380 g/mol. The third kappa shape index (κ3) is 5.74. The molecule has 0 bridgehead atoms. The summed E-state index contributed by atoms with van der Waals surface area (Å²) in [4.78, 5) is 9.00. The molecule has 0 aromatic carbocycles. The van der Waals surface area contributed by atoms with Gasteiger partial charge in [-0.1, -0.05) is 6.07 Å². The van der Waals surface area contributed by atoms with Crippen molar-refractivity contribution in [3.05, 3.63) is 30.1 Å². The van der Waals surface area contributed by atoms with Crippen molar-refractivity contribution in [1.82, 2.24) is 19.1 Å². The summed E-state index contributed by atoms with van der Waals surface area (Å²) in [5.41, 5.74) is 1.19. The second-order valence-corrected chi connectivity index (χ2v) is 9.60. The molecule has 146 valence electrons. The van der Waals surface area contributed by atoms with Crippen LogP contribution in [0.25, 0.3) is 0 Å². The number of hydrogen-bond acceptors (Lipinski definition) is 5. The van der Waals surface area contributed by atoms with Gasteiger partial charge >= 0.3 is 0 Å². The van der Waals surface area contributed by atoms with E-state index in [0.717, 1.165) is 45.4 Å². The lowest BCUT2D eigenvalue weighted by Crippen LogP contribution is -2.50. The predicted octanol–water partition coefficient (Wildman–Crippen LogP) is 1.79. The van der Waals surface area contributed by atoms with Crippen molar-refractivity contribution in [3.63, 3.8) is 0 Å². The molecule has 1 aromatic heterocycles. The van der Waals surface area contributed by atoms with Gasteiger partial charge < -0.3 is 4.90 Å². The van der Waals surface area contributed by atoms with Crippen LogP contribution in [0.2, 0.25) is 0 Å². The van der Waals surface area contributed by atoms with Crippen LogP contribution >= 0.6 is 0 Å². The SMILES string of the molecule is CS(=O)(=O)N(CCCN1CCCC1)C1CCCN(Cc2cccnc2)C1. The van der Waals surface area contributed by atoms with Crippen LogP contribution in [0.5, 0.6) is 0 Å². The molecule has 7 heteroatoms. The Morgan fingerprint density at radius 2 is 1.96 bits per heavy atom. The van der Waals surface area contributed by atoms with E-state index >= 15 is 0 Å². The van der Waals surface area contributed by atoms with Gasteiger partial charge in [0.05, 0.1) is 6.26 Å². The van der Waals surface area contributed by atoms with Gasteiger partial charge in [0.2, 0.25) is 10.0 Å². The average molecular weight is 381 g/mol. The first-order chi connectivity index (χ1) is 12.5. The van der Waals surface area contributed by atoms with Crippen molar-refractivity contribution in [3.8, 4) is 0 Å². The Balaban J connectivity index is 1.56. The summed E-state index contributed by atoms with van der Waals surface area (Å²) in [6, 6.07) is 4.13. The van der Waals surface area contributed by atoms with Crippen LogP contribution in [-0.2, 0) is 16.6 Å². The second kappa shape index (κ2) is 9.26. The van der Waals surface area contributed by atoms with Gasteiger partial charge in [-0.2, -0.15) is 4.31 Å². The standard InChI is InChI=1S/C19H32N4O2S/c1-26(24,25)23(14-6-13-21-10-2-3-11-21)19-8-5-12-22(17-19)16-18-7-4-9-20-15-18/h4,7,9,15,19H,2-3,5-6,8,10-14,16-17H2,1H3. The Morgan fingerprint density at radius 1 is 1.19 bits per heavy atom. The normalized spacial score (nSPS) is 22.9. The highest BCUT2D eigenvalue weighted by molar-refractivity contribution is 7.88. The van der Waals surface area contributed by atoms with Gasteiger partial charge in [-0.25, -0.2) is 8.42 Å². The average Bonchev–Trinajstić information content (AvgIpc) is 3.12. The number of rotatable bonds is 8. The largest absolute Gasteiger partial charge is 0.303 e. The molecule has 1 unspecified atom stereocenters. The molecule has 2 aliphatic rings. The summed E-state index contributed by atoms with van der Waals surface area (Å²) in [6.45, 7) is 6.67. The minimum Gasteiger partial charge on any atom is -0.303 e. The zero-order valence-corrected chi connectivity index (χ0v) is 16.7. The smallest absolute Gasteiger partial charge is 0.211 e. The molecule has 2 saturated heterocycles. The van der Waals surface area contributed by atoms with Gasteiger partial charge in [-0.15, -0.1) is 0 Å². The number of aromatic nitrogens is 1. The molecule has 1 atom stereocenters. The molecule has 6 nitrogen and oxygen atoms in total. The first kappa shape index (κ1) is 19.7. The quantitative estimate of drug-likeness (QED) is 0.688. The van der Waals surface area contributed by atoms with Crippen molar-refractivity contribution >= 4 is 10.0 Å². The molecular weight excluding hydrogens is 348 g/mol. The van der Waals surface area contributed by atoms with Crippen LogP contribution in [0.4, 0.5) is 0 Å². The molecule has 3 heterocycles. The first-order valence-electron chi connectivity index (χ1n) is 9.83. The van der Waals surface area contributed by atoms with Gasteiger partial charge in [0.25, 0.3) is 0 Å². The van der Waals surface area contributed by atoms with Crippen molar-refractivity contribution in [2.75, 3.05) is 45.5 Å². The topological polar surface area (TPSA) is 56.8 Å². The van der Waals surface area contributed by atoms with Gasteiger partial charge in [0.1, 0.15) is 0 Å². The lowest BCUT2D eigenvalue weighted by molar-refractivity contribution is 0.139. The fraction of sp³-hybridized carbons (Fsp3) is 0.737. The van der Waals surface area contributed by atoms with Crippen LogP contribution in [0.15, 0.2) is 24.5 Å². The maximum Gasteiger partial charge on any atom is 0.211 e. The highest BCUT2D eigenvalue weighted by Gasteiger charge is 2.30. The van der Waals surface area contributed by atoms with E-state index in [2.05, 4.69) is 20.9 Å². The fourth-order valence-electron chi connectivity index (χ4n) is 4.24. The van der Waals surface area contributed by atoms with E-state index in [9.17, 15) is 8.42 Å². The summed E-state index contributed by atoms with van der Waals surface area (Å²) in [5, 5.41) is 0. The van der Waals surface area contributed by atoms with Crippen LogP contribution in [0.3, 0.4) is 0 Å².